The molecule has 0 radical (unpaired) electrons. The van der Waals surface area contributed by atoms with Gasteiger partial charge < -0.3 is 10.4 Å². The van der Waals surface area contributed by atoms with Crippen molar-refractivity contribution in [3.8, 4) is 0 Å². The quantitative estimate of drug-likeness (QED) is 0.786. The number of carbonyl (C=O) groups is 1. The highest BCUT2D eigenvalue weighted by Crippen LogP contribution is 2.34. The number of likely N-dealkylation sites (tertiary alicyclic amines) is 1. The molecule has 1 fully saturated rings. The maximum absolute atomic E-state index is 12.3. The molecule has 1 heterocycles. The van der Waals surface area contributed by atoms with Gasteiger partial charge in [0.15, 0.2) is 0 Å². The number of aliphatic hydroxyl groups excluding tert-OH is 1. The van der Waals surface area contributed by atoms with Crippen molar-refractivity contribution in [3.63, 3.8) is 0 Å². The molecule has 4 heteroatoms. The number of rotatable bonds is 6. The minimum absolute atomic E-state index is 0.0788. The first-order valence-corrected chi connectivity index (χ1v) is 7.96. The van der Waals surface area contributed by atoms with Gasteiger partial charge in [0.2, 0.25) is 5.91 Å². The molecule has 0 saturated carbocycles. The third-order valence-corrected chi connectivity index (χ3v) is 5.22. The molecule has 20 heavy (non-hydrogen) atoms. The summed E-state index contributed by atoms with van der Waals surface area (Å²) in [6.07, 6.45) is 3.90. The Bertz CT molecular complexity index is 314. The summed E-state index contributed by atoms with van der Waals surface area (Å²) in [5.41, 5.74) is -0.0607. The van der Waals surface area contributed by atoms with Gasteiger partial charge in [0.1, 0.15) is 0 Å². The first-order valence-electron chi connectivity index (χ1n) is 7.96. The Morgan fingerprint density at radius 1 is 1.35 bits per heavy atom. The molecular formula is C16H32N2O2. The average Bonchev–Trinajstić information content (AvgIpc) is 2.46. The van der Waals surface area contributed by atoms with Crippen molar-refractivity contribution in [1.29, 1.82) is 0 Å². The van der Waals surface area contributed by atoms with E-state index in [1.54, 1.807) is 0 Å². The summed E-state index contributed by atoms with van der Waals surface area (Å²) in [5.74, 6) is 0.116. The van der Waals surface area contributed by atoms with Crippen molar-refractivity contribution >= 4 is 5.91 Å². The van der Waals surface area contributed by atoms with Crippen molar-refractivity contribution in [3.05, 3.63) is 0 Å². The Kier molecular flexibility index (Phi) is 6.02. The lowest BCUT2D eigenvalue weighted by Crippen LogP contribution is -2.54. The van der Waals surface area contributed by atoms with Crippen LogP contribution in [-0.2, 0) is 4.79 Å². The van der Waals surface area contributed by atoms with Crippen LogP contribution in [0.25, 0.3) is 0 Å². The molecule has 1 unspecified atom stereocenters. The second kappa shape index (κ2) is 6.90. The maximum Gasteiger partial charge on any atom is 0.237 e. The predicted molar refractivity (Wildman–Crippen MR) is 82.6 cm³/mol. The predicted octanol–water partition coefficient (Wildman–Crippen LogP) is 2.16. The summed E-state index contributed by atoms with van der Waals surface area (Å²) in [6.45, 7) is 12.4. The van der Waals surface area contributed by atoms with Crippen molar-refractivity contribution in [2.24, 2.45) is 5.41 Å². The maximum atomic E-state index is 12.3. The molecule has 1 amide bonds. The molecule has 0 bridgehead atoms. The smallest absolute Gasteiger partial charge is 0.237 e. The third-order valence-electron chi connectivity index (χ3n) is 5.22. The summed E-state index contributed by atoms with van der Waals surface area (Å²) < 4.78 is 0. The molecule has 0 aromatic carbocycles. The van der Waals surface area contributed by atoms with Crippen LogP contribution in [0, 0.1) is 5.41 Å². The highest BCUT2D eigenvalue weighted by atomic mass is 16.3. The molecular weight excluding hydrogens is 252 g/mol. The fourth-order valence-corrected chi connectivity index (χ4v) is 2.70. The molecule has 1 saturated heterocycles. The Morgan fingerprint density at radius 3 is 2.30 bits per heavy atom. The van der Waals surface area contributed by atoms with E-state index in [2.05, 4.69) is 37.9 Å². The number of carbonyl (C=O) groups excluding carboxylic acids is 1. The van der Waals surface area contributed by atoms with Gasteiger partial charge in [0, 0.05) is 12.1 Å². The van der Waals surface area contributed by atoms with E-state index in [0.717, 1.165) is 38.8 Å². The Hall–Kier alpha value is -0.610. The topological polar surface area (TPSA) is 52.6 Å². The van der Waals surface area contributed by atoms with E-state index in [-0.39, 0.29) is 29.5 Å². The zero-order valence-electron chi connectivity index (χ0n) is 13.8. The first kappa shape index (κ1) is 17.4. The zero-order chi connectivity index (χ0) is 15.4. The van der Waals surface area contributed by atoms with Crippen LogP contribution in [0.1, 0.15) is 60.3 Å². The van der Waals surface area contributed by atoms with Gasteiger partial charge >= 0.3 is 0 Å². The van der Waals surface area contributed by atoms with Gasteiger partial charge in [-0.25, -0.2) is 0 Å². The van der Waals surface area contributed by atoms with Crippen LogP contribution < -0.4 is 5.32 Å². The van der Waals surface area contributed by atoms with E-state index in [9.17, 15) is 9.90 Å². The molecule has 4 nitrogen and oxygen atoms in total. The lowest BCUT2D eigenvalue weighted by Gasteiger charge is -2.42. The van der Waals surface area contributed by atoms with Crippen LogP contribution in [-0.4, -0.2) is 47.2 Å². The number of aliphatic hydroxyl groups is 1. The highest BCUT2D eigenvalue weighted by molar-refractivity contribution is 5.82. The van der Waals surface area contributed by atoms with Gasteiger partial charge in [0.05, 0.1) is 6.04 Å². The first-order chi connectivity index (χ1) is 9.29. The molecule has 1 rings (SSSR count). The van der Waals surface area contributed by atoms with E-state index in [1.165, 1.54) is 0 Å². The van der Waals surface area contributed by atoms with E-state index < -0.39 is 0 Å². The summed E-state index contributed by atoms with van der Waals surface area (Å²) in [5, 5.41) is 12.7. The summed E-state index contributed by atoms with van der Waals surface area (Å²) >= 11 is 0. The lowest BCUT2D eigenvalue weighted by molar-refractivity contribution is -0.128. The number of nitrogens with zero attached hydrogens (tertiary/aromatic N) is 1. The molecule has 0 aliphatic carbocycles. The van der Waals surface area contributed by atoms with Gasteiger partial charge in [-0.3, -0.25) is 9.69 Å². The Morgan fingerprint density at radius 2 is 1.90 bits per heavy atom. The van der Waals surface area contributed by atoms with Crippen LogP contribution in [0.3, 0.4) is 0 Å². The molecule has 1 atom stereocenters. The van der Waals surface area contributed by atoms with Crippen LogP contribution in [0.4, 0.5) is 0 Å². The third kappa shape index (κ3) is 4.19. The summed E-state index contributed by atoms with van der Waals surface area (Å²) in [7, 11) is 0. The summed E-state index contributed by atoms with van der Waals surface area (Å²) in [6, 6.07) is -0.0885. The normalized spacial score (nSPS) is 21.5. The van der Waals surface area contributed by atoms with Crippen LogP contribution in [0.2, 0.25) is 0 Å². The van der Waals surface area contributed by atoms with Gasteiger partial charge in [-0.05, 0) is 65.0 Å². The average molecular weight is 284 g/mol. The molecule has 0 aromatic heterocycles. The van der Waals surface area contributed by atoms with Gasteiger partial charge in [-0.2, -0.15) is 0 Å². The van der Waals surface area contributed by atoms with Crippen LogP contribution in [0.15, 0.2) is 0 Å². The van der Waals surface area contributed by atoms with Crippen molar-refractivity contribution in [2.45, 2.75) is 71.9 Å². The largest absolute Gasteiger partial charge is 0.396 e. The second-order valence-corrected chi connectivity index (χ2v) is 6.95. The number of nitrogens with one attached hydrogen (secondary N) is 1. The molecule has 1 aliphatic rings. The number of amides is 1. The minimum atomic E-state index is -0.139. The van der Waals surface area contributed by atoms with Crippen molar-refractivity contribution < 1.29 is 9.90 Å². The number of hydrogen-bond acceptors (Lipinski definition) is 3. The number of hydrogen-bond donors (Lipinski definition) is 2. The zero-order valence-corrected chi connectivity index (χ0v) is 13.8. The SMILES string of the molecule is CCC1(CO)CCN(C(C)C(=O)NC(C)(C)CC)CC1. The number of piperidine rings is 1. The Balaban J connectivity index is 2.54. The molecule has 1 aliphatic heterocycles. The molecule has 2 N–H and O–H groups in total. The summed E-state index contributed by atoms with van der Waals surface area (Å²) in [4.78, 5) is 14.6. The van der Waals surface area contributed by atoms with Crippen LogP contribution >= 0.6 is 0 Å². The van der Waals surface area contributed by atoms with E-state index in [1.807, 2.05) is 6.92 Å². The van der Waals surface area contributed by atoms with E-state index >= 15 is 0 Å². The second-order valence-electron chi connectivity index (χ2n) is 6.95. The van der Waals surface area contributed by atoms with Crippen molar-refractivity contribution in [2.75, 3.05) is 19.7 Å². The lowest BCUT2D eigenvalue weighted by atomic mass is 9.76. The molecule has 0 aromatic rings. The fourth-order valence-electron chi connectivity index (χ4n) is 2.70. The molecule has 118 valence electrons. The van der Waals surface area contributed by atoms with E-state index in [0.29, 0.717) is 0 Å². The molecule has 0 spiro atoms. The van der Waals surface area contributed by atoms with Crippen LogP contribution in [0.5, 0.6) is 0 Å². The van der Waals surface area contributed by atoms with E-state index in [4.69, 9.17) is 0 Å². The fraction of sp³-hybridized carbons (Fsp3) is 0.938. The van der Waals surface area contributed by atoms with Crippen molar-refractivity contribution in [1.82, 2.24) is 10.2 Å². The Labute approximate surface area is 123 Å². The van der Waals surface area contributed by atoms with Gasteiger partial charge in [-0.1, -0.05) is 13.8 Å². The minimum Gasteiger partial charge on any atom is -0.396 e. The highest BCUT2D eigenvalue weighted by Gasteiger charge is 2.35. The van der Waals surface area contributed by atoms with Gasteiger partial charge in [0.25, 0.3) is 0 Å². The standard InChI is InChI=1S/C16H32N2O2/c1-6-15(4,5)17-14(20)13(3)18-10-8-16(7-2,12-19)9-11-18/h13,19H,6-12H2,1-5H3,(H,17,20). The van der Waals surface area contributed by atoms with Gasteiger partial charge in [-0.15, -0.1) is 0 Å². The monoisotopic (exact) mass is 284 g/mol.